The summed E-state index contributed by atoms with van der Waals surface area (Å²) >= 11 is 0. The Morgan fingerprint density at radius 3 is 2.76 bits per heavy atom. The van der Waals surface area contributed by atoms with Crippen LogP contribution in [0.1, 0.15) is 24.4 Å². The van der Waals surface area contributed by atoms with Gasteiger partial charge in [-0.3, -0.25) is 5.10 Å². The molecule has 0 saturated carbocycles. The predicted octanol–water partition coefficient (Wildman–Crippen LogP) is 4.10. The molecule has 0 radical (unpaired) electrons. The third-order valence-electron chi connectivity index (χ3n) is 5.11. The summed E-state index contributed by atoms with van der Waals surface area (Å²) in [5.74, 6) is 0. The molecule has 4 aromatic heterocycles. The van der Waals surface area contributed by atoms with Gasteiger partial charge >= 0.3 is 0 Å². The molecule has 0 bridgehead atoms. The van der Waals surface area contributed by atoms with Crippen molar-refractivity contribution in [1.29, 1.82) is 0 Å². The van der Waals surface area contributed by atoms with Gasteiger partial charge in [0, 0.05) is 36.1 Å². The molecule has 1 N–H and O–H groups in total. The van der Waals surface area contributed by atoms with Crippen molar-refractivity contribution in [2.45, 2.75) is 26.3 Å². The highest BCUT2D eigenvalue weighted by Gasteiger charge is 2.22. The monoisotopic (exact) mass is 383 g/mol. The molecule has 0 amide bonds. The van der Waals surface area contributed by atoms with Crippen molar-refractivity contribution in [2.24, 2.45) is 0 Å². The first-order valence-electron chi connectivity index (χ1n) is 9.62. The van der Waals surface area contributed by atoms with Crippen LogP contribution in [-0.2, 0) is 6.42 Å². The highest BCUT2D eigenvalue weighted by molar-refractivity contribution is 5.85. The maximum Gasteiger partial charge on any atom is 0.164 e. The third-order valence-corrected chi connectivity index (χ3v) is 5.11. The minimum Gasteiger partial charge on any atom is -0.327 e. The van der Waals surface area contributed by atoms with Gasteiger partial charge in [0.1, 0.15) is 0 Å². The summed E-state index contributed by atoms with van der Waals surface area (Å²) in [6.45, 7) is 4.20. The molecule has 144 valence electrons. The minimum atomic E-state index is 0.163. The van der Waals surface area contributed by atoms with E-state index in [0.717, 1.165) is 46.0 Å². The number of rotatable bonds is 5. The largest absolute Gasteiger partial charge is 0.327 e. The number of benzene rings is 1. The maximum absolute atomic E-state index is 4.79. The summed E-state index contributed by atoms with van der Waals surface area (Å²) in [7, 11) is 0. The van der Waals surface area contributed by atoms with Crippen LogP contribution >= 0.6 is 0 Å². The number of aromatic amines is 1. The molecule has 7 nitrogen and oxygen atoms in total. The van der Waals surface area contributed by atoms with E-state index in [1.165, 1.54) is 0 Å². The van der Waals surface area contributed by atoms with Crippen LogP contribution in [0.5, 0.6) is 0 Å². The first kappa shape index (κ1) is 17.4. The van der Waals surface area contributed by atoms with E-state index < -0.39 is 0 Å². The van der Waals surface area contributed by atoms with Crippen LogP contribution in [-0.4, -0.2) is 34.3 Å². The second-order valence-electron chi connectivity index (χ2n) is 7.26. The van der Waals surface area contributed by atoms with E-state index in [0.29, 0.717) is 0 Å². The Hall–Kier alpha value is -3.74. The van der Waals surface area contributed by atoms with Gasteiger partial charge in [0.25, 0.3) is 0 Å². The smallest absolute Gasteiger partial charge is 0.164 e. The number of aryl methyl sites for hydroxylation is 1. The standard InChI is InChI=1S/C22H21N7/c1-15-11-18(27-26-15)12-16(2)28-14-24-20(17-7-4-3-5-8-17)21(28)19-13-25-29-10-6-9-23-22(19)29/h3-11,13-14,16H,12H2,1-2H3,(H,26,27)/t16-/m0/s1. The fourth-order valence-corrected chi connectivity index (χ4v) is 3.74. The van der Waals surface area contributed by atoms with Crippen molar-refractivity contribution >= 4 is 5.65 Å². The number of fused-ring (bicyclic) bond motifs is 1. The topological polar surface area (TPSA) is 76.7 Å². The van der Waals surface area contributed by atoms with Gasteiger partial charge in [0.15, 0.2) is 5.65 Å². The summed E-state index contributed by atoms with van der Waals surface area (Å²) in [5.41, 5.74) is 6.89. The Morgan fingerprint density at radius 2 is 1.97 bits per heavy atom. The van der Waals surface area contributed by atoms with E-state index in [9.17, 15) is 0 Å². The average Bonchev–Trinajstić information content (AvgIpc) is 3.46. The lowest BCUT2D eigenvalue weighted by atomic mass is 10.1. The number of nitrogens with zero attached hydrogens (tertiary/aromatic N) is 6. The lowest BCUT2D eigenvalue weighted by Crippen LogP contribution is -2.09. The second kappa shape index (κ2) is 7.01. The molecule has 4 heterocycles. The molecular formula is C22H21N7. The van der Waals surface area contributed by atoms with E-state index in [2.05, 4.69) is 50.0 Å². The number of imidazole rings is 1. The molecule has 0 aliphatic heterocycles. The Labute approximate surface area is 168 Å². The van der Waals surface area contributed by atoms with E-state index in [1.54, 1.807) is 10.7 Å². The number of hydrogen-bond donors (Lipinski definition) is 1. The molecule has 1 atom stereocenters. The Kier molecular flexibility index (Phi) is 4.20. The van der Waals surface area contributed by atoms with Crippen molar-refractivity contribution in [2.75, 3.05) is 0 Å². The molecule has 5 rings (SSSR count). The maximum atomic E-state index is 4.79. The predicted molar refractivity (Wildman–Crippen MR) is 111 cm³/mol. The molecular weight excluding hydrogens is 362 g/mol. The first-order valence-corrected chi connectivity index (χ1v) is 9.62. The summed E-state index contributed by atoms with van der Waals surface area (Å²) in [5, 5.41) is 11.9. The molecule has 0 unspecified atom stereocenters. The molecule has 0 aliphatic rings. The van der Waals surface area contributed by atoms with Crippen LogP contribution in [0.25, 0.3) is 28.2 Å². The molecule has 0 aliphatic carbocycles. The summed E-state index contributed by atoms with van der Waals surface area (Å²) in [6.07, 6.45) is 8.28. The highest BCUT2D eigenvalue weighted by atomic mass is 15.2. The number of aromatic nitrogens is 7. The van der Waals surface area contributed by atoms with Gasteiger partial charge < -0.3 is 4.57 Å². The van der Waals surface area contributed by atoms with Gasteiger partial charge in [-0.15, -0.1) is 0 Å². The second-order valence-corrected chi connectivity index (χ2v) is 7.26. The van der Waals surface area contributed by atoms with E-state index >= 15 is 0 Å². The zero-order chi connectivity index (χ0) is 19.8. The molecule has 0 saturated heterocycles. The Bertz CT molecular complexity index is 1260. The van der Waals surface area contributed by atoms with Crippen LogP contribution in [0.2, 0.25) is 0 Å². The zero-order valence-electron chi connectivity index (χ0n) is 16.3. The van der Waals surface area contributed by atoms with Gasteiger partial charge in [0.05, 0.1) is 35.2 Å². The van der Waals surface area contributed by atoms with Crippen molar-refractivity contribution in [3.8, 4) is 22.5 Å². The average molecular weight is 383 g/mol. The molecule has 29 heavy (non-hydrogen) atoms. The van der Waals surface area contributed by atoms with Crippen molar-refractivity contribution in [3.63, 3.8) is 0 Å². The zero-order valence-corrected chi connectivity index (χ0v) is 16.3. The van der Waals surface area contributed by atoms with Crippen LogP contribution in [0.15, 0.2) is 67.4 Å². The number of H-pyrrole nitrogens is 1. The van der Waals surface area contributed by atoms with Gasteiger partial charge in [-0.05, 0) is 26.0 Å². The SMILES string of the molecule is Cc1cc(C[C@H](C)n2cnc(-c3ccccc3)c2-c2cnn3cccnc23)n[nH]1. The molecule has 0 fully saturated rings. The highest BCUT2D eigenvalue weighted by Crippen LogP contribution is 2.35. The molecule has 0 spiro atoms. The van der Waals surface area contributed by atoms with Gasteiger partial charge in [-0.1, -0.05) is 30.3 Å². The van der Waals surface area contributed by atoms with Crippen molar-refractivity contribution < 1.29 is 0 Å². The lowest BCUT2D eigenvalue weighted by molar-refractivity contribution is 0.542. The molecule has 7 heteroatoms. The fourth-order valence-electron chi connectivity index (χ4n) is 3.74. The first-order chi connectivity index (χ1) is 14.2. The van der Waals surface area contributed by atoms with E-state index in [-0.39, 0.29) is 6.04 Å². The number of nitrogens with one attached hydrogen (secondary N) is 1. The summed E-state index contributed by atoms with van der Waals surface area (Å²) in [6, 6.07) is 14.4. The van der Waals surface area contributed by atoms with Crippen LogP contribution in [0.3, 0.4) is 0 Å². The molecule has 5 aromatic rings. The van der Waals surface area contributed by atoms with Crippen LogP contribution in [0, 0.1) is 6.92 Å². The fraction of sp³-hybridized carbons (Fsp3) is 0.182. The minimum absolute atomic E-state index is 0.163. The van der Waals surface area contributed by atoms with Crippen LogP contribution in [0.4, 0.5) is 0 Å². The van der Waals surface area contributed by atoms with Gasteiger partial charge in [0.2, 0.25) is 0 Å². The third kappa shape index (κ3) is 3.10. The lowest BCUT2D eigenvalue weighted by Gasteiger charge is -2.16. The normalized spacial score (nSPS) is 12.5. The summed E-state index contributed by atoms with van der Waals surface area (Å²) in [4.78, 5) is 9.35. The van der Waals surface area contributed by atoms with E-state index in [4.69, 9.17) is 4.98 Å². The Morgan fingerprint density at radius 1 is 1.10 bits per heavy atom. The Balaban J connectivity index is 1.66. The van der Waals surface area contributed by atoms with Crippen molar-refractivity contribution in [3.05, 3.63) is 78.8 Å². The number of hydrogen-bond acceptors (Lipinski definition) is 4. The van der Waals surface area contributed by atoms with Gasteiger partial charge in [-0.2, -0.15) is 10.2 Å². The quantitative estimate of drug-likeness (QED) is 0.496. The van der Waals surface area contributed by atoms with E-state index in [1.807, 2.05) is 49.9 Å². The molecule has 1 aromatic carbocycles. The van der Waals surface area contributed by atoms with Crippen molar-refractivity contribution in [1.82, 2.24) is 34.3 Å². The van der Waals surface area contributed by atoms with Crippen LogP contribution < -0.4 is 0 Å². The summed E-state index contributed by atoms with van der Waals surface area (Å²) < 4.78 is 4.00. The van der Waals surface area contributed by atoms with Gasteiger partial charge in [-0.25, -0.2) is 14.5 Å².